The monoisotopic (exact) mass is 278 g/mol. The zero-order valence-electron chi connectivity index (χ0n) is 12.6. The van der Waals surface area contributed by atoms with Crippen LogP contribution < -0.4 is 5.73 Å². The van der Waals surface area contributed by atoms with Crippen molar-refractivity contribution in [2.24, 2.45) is 11.1 Å². The van der Waals surface area contributed by atoms with Gasteiger partial charge in [-0.25, -0.2) is 0 Å². The molecule has 1 saturated heterocycles. The van der Waals surface area contributed by atoms with Gasteiger partial charge in [0.15, 0.2) is 5.82 Å². The summed E-state index contributed by atoms with van der Waals surface area (Å²) >= 11 is 0. The first-order chi connectivity index (χ1) is 9.56. The molecule has 3 rings (SSSR count). The number of likely N-dealkylation sites (tertiary alicyclic amines) is 1. The van der Waals surface area contributed by atoms with Crippen molar-refractivity contribution in [1.82, 2.24) is 15.0 Å². The Bertz CT molecular complexity index is 450. The lowest BCUT2D eigenvalue weighted by Gasteiger charge is -2.23. The van der Waals surface area contributed by atoms with Crippen LogP contribution in [0.5, 0.6) is 0 Å². The van der Waals surface area contributed by atoms with Gasteiger partial charge >= 0.3 is 0 Å². The largest absolute Gasteiger partial charge is 0.339 e. The lowest BCUT2D eigenvalue weighted by Crippen LogP contribution is -2.30. The zero-order valence-corrected chi connectivity index (χ0v) is 12.6. The molecule has 5 heteroatoms. The van der Waals surface area contributed by atoms with E-state index in [1.807, 2.05) is 0 Å². The van der Waals surface area contributed by atoms with Crippen molar-refractivity contribution in [3.63, 3.8) is 0 Å². The van der Waals surface area contributed by atoms with Crippen LogP contribution in [0.25, 0.3) is 0 Å². The molecule has 2 unspecified atom stereocenters. The summed E-state index contributed by atoms with van der Waals surface area (Å²) in [6.07, 6.45) is 6.18. The van der Waals surface area contributed by atoms with E-state index in [1.54, 1.807) is 0 Å². The second kappa shape index (κ2) is 5.45. The fraction of sp³-hybridized carbons (Fsp3) is 0.867. The second-order valence-electron chi connectivity index (χ2n) is 7.04. The molecule has 20 heavy (non-hydrogen) atoms. The molecule has 5 nitrogen and oxygen atoms in total. The van der Waals surface area contributed by atoms with Gasteiger partial charge in [0.2, 0.25) is 5.89 Å². The number of hydrogen-bond donors (Lipinski definition) is 1. The van der Waals surface area contributed by atoms with E-state index in [0.717, 1.165) is 31.9 Å². The Hall–Kier alpha value is -0.940. The van der Waals surface area contributed by atoms with Crippen molar-refractivity contribution in [2.45, 2.75) is 57.9 Å². The number of rotatable bonds is 4. The molecule has 2 fully saturated rings. The lowest BCUT2D eigenvalue weighted by atomic mass is 9.82. The molecule has 1 aromatic rings. The van der Waals surface area contributed by atoms with Gasteiger partial charge in [-0.2, -0.15) is 4.98 Å². The highest BCUT2D eigenvalue weighted by molar-refractivity contribution is 5.05. The Morgan fingerprint density at radius 2 is 2.10 bits per heavy atom. The molecule has 1 aliphatic carbocycles. The summed E-state index contributed by atoms with van der Waals surface area (Å²) in [5.74, 6) is 1.86. The maximum Gasteiger partial charge on any atom is 0.230 e. The van der Waals surface area contributed by atoms with Crippen LogP contribution >= 0.6 is 0 Å². The van der Waals surface area contributed by atoms with E-state index in [-0.39, 0.29) is 11.5 Å². The van der Waals surface area contributed by atoms with Gasteiger partial charge in [-0.15, -0.1) is 0 Å². The van der Waals surface area contributed by atoms with Crippen LogP contribution in [0.3, 0.4) is 0 Å². The standard InChI is InChI=1S/C15H26N4O/c1-15(2)7-5-6-11(15)14-17-13(18-20-14)12(16)10-19-8-3-4-9-19/h11-12H,3-10,16H2,1-2H3. The Balaban J connectivity index is 1.66. The van der Waals surface area contributed by atoms with Gasteiger partial charge in [-0.1, -0.05) is 25.4 Å². The van der Waals surface area contributed by atoms with Crippen LogP contribution in [-0.4, -0.2) is 34.7 Å². The average molecular weight is 278 g/mol. The van der Waals surface area contributed by atoms with Crippen LogP contribution in [0.2, 0.25) is 0 Å². The summed E-state index contributed by atoms with van der Waals surface area (Å²) < 4.78 is 5.51. The molecule has 1 saturated carbocycles. The fourth-order valence-electron chi connectivity index (χ4n) is 3.65. The molecule has 2 heterocycles. The molecular weight excluding hydrogens is 252 g/mol. The molecular formula is C15H26N4O. The molecule has 0 aromatic carbocycles. The zero-order chi connectivity index (χ0) is 14.2. The number of nitrogens with two attached hydrogens (primary N) is 1. The third kappa shape index (κ3) is 2.74. The minimum absolute atomic E-state index is 0.130. The predicted octanol–water partition coefficient (Wildman–Crippen LogP) is 2.46. The van der Waals surface area contributed by atoms with E-state index in [4.69, 9.17) is 10.3 Å². The Morgan fingerprint density at radius 3 is 2.75 bits per heavy atom. The van der Waals surface area contributed by atoms with Crippen molar-refractivity contribution in [1.29, 1.82) is 0 Å². The molecule has 0 spiro atoms. The second-order valence-corrected chi connectivity index (χ2v) is 7.04. The van der Waals surface area contributed by atoms with Crippen molar-refractivity contribution >= 4 is 0 Å². The Labute approximate surface area is 120 Å². The van der Waals surface area contributed by atoms with Crippen LogP contribution in [-0.2, 0) is 0 Å². The summed E-state index contributed by atoms with van der Waals surface area (Å²) in [6, 6.07) is -0.130. The van der Waals surface area contributed by atoms with E-state index in [0.29, 0.717) is 11.7 Å². The normalized spacial score (nSPS) is 28.1. The first kappa shape index (κ1) is 14.0. The van der Waals surface area contributed by atoms with E-state index in [2.05, 4.69) is 28.9 Å². The van der Waals surface area contributed by atoms with Gasteiger partial charge in [0.25, 0.3) is 0 Å². The van der Waals surface area contributed by atoms with Crippen LogP contribution in [0, 0.1) is 5.41 Å². The molecule has 1 aromatic heterocycles. The molecule has 2 atom stereocenters. The summed E-state index contributed by atoms with van der Waals surface area (Å²) in [7, 11) is 0. The summed E-state index contributed by atoms with van der Waals surface area (Å²) in [4.78, 5) is 6.99. The third-order valence-electron chi connectivity index (χ3n) is 5.00. The van der Waals surface area contributed by atoms with E-state index in [9.17, 15) is 0 Å². The van der Waals surface area contributed by atoms with Gasteiger partial charge in [0, 0.05) is 12.5 Å². The van der Waals surface area contributed by atoms with E-state index in [1.165, 1.54) is 25.7 Å². The minimum Gasteiger partial charge on any atom is -0.339 e. The maximum absolute atomic E-state index is 6.23. The molecule has 0 bridgehead atoms. The quantitative estimate of drug-likeness (QED) is 0.916. The topological polar surface area (TPSA) is 68.2 Å². The van der Waals surface area contributed by atoms with Crippen molar-refractivity contribution in [2.75, 3.05) is 19.6 Å². The fourth-order valence-corrected chi connectivity index (χ4v) is 3.65. The molecule has 0 amide bonds. The molecule has 112 valence electrons. The number of hydrogen-bond acceptors (Lipinski definition) is 5. The summed E-state index contributed by atoms with van der Waals surface area (Å²) in [6.45, 7) is 7.71. The maximum atomic E-state index is 6.23. The van der Waals surface area contributed by atoms with Gasteiger partial charge < -0.3 is 15.2 Å². The predicted molar refractivity (Wildman–Crippen MR) is 77.3 cm³/mol. The minimum atomic E-state index is -0.130. The lowest BCUT2D eigenvalue weighted by molar-refractivity contribution is 0.259. The molecule has 0 radical (unpaired) electrons. The van der Waals surface area contributed by atoms with Gasteiger partial charge in [-0.05, 0) is 44.2 Å². The van der Waals surface area contributed by atoms with Crippen LogP contribution in [0.4, 0.5) is 0 Å². The first-order valence-corrected chi connectivity index (χ1v) is 7.88. The van der Waals surface area contributed by atoms with Crippen LogP contribution in [0.1, 0.15) is 69.6 Å². The van der Waals surface area contributed by atoms with Crippen molar-refractivity contribution in [3.05, 3.63) is 11.7 Å². The molecule has 2 aliphatic rings. The highest BCUT2D eigenvalue weighted by Gasteiger charge is 2.39. The van der Waals surface area contributed by atoms with Crippen molar-refractivity contribution < 1.29 is 4.52 Å². The highest BCUT2D eigenvalue weighted by Crippen LogP contribution is 2.48. The van der Waals surface area contributed by atoms with Gasteiger partial charge in [0.1, 0.15) is 0 Å². The Kier molecular flexibility index (Phi) is 3.82. The SMILES string of the molecule is CC1(C)CCCC1c1nc(C(N)CN2CCCC2)no1. The van der Waals surface area contributed by atoms with Crippen molar-refractivity contribution in [3.8, 4) is 0 Å². The first-order valence-electron chi connectivity index (χ1n) is 7.88. The number of nitrogens with zero attached hydrogens (tertiary/aromatic N) is 3. The summed E-state index contributed by atoms with van der Waals surface area (Å²) in [5.41, 5.74) is 6.49. The molecule has 2 N–H and O–H groups in total. The molecule has 1 aliphatic heterocycles. The average Bonchev–Trinajstić information content (AvgIpc) is 3.08. The number of aromatic nitrogens is 2. The highest BCUT2D eigenvalue weighted by atomic mass is 16.5. The summed E-state index contributed by atoms with van der Waals surface area (Å²) in [5, 5.41) is 4.13. The smallest absolute Gasteiger partial charge is 0.230 e. The van der Waals surface area contributed by atoms with E-state index < -0.39 is 0 Å². The van der Waals surface area contributed by atoms with Gasteiger partial charge in [0.05, 0.1) is 6.04 Å². The van der Waals surface area contributed by atoms with Gasteiger partial charge in [-0.3, -0.25) is 0 Å². The van der Waals surface area contributed by atoms with E-state index >= 15 is 0 Å². The Morgan fingerprint density at radius 1 is 1.35 bits per heavy atom. The van der Waals surface area contributed by atoms with Crippen LogP contribution in [0.15, 0.2) is 4.52 Å². The third-order valence-corrected chi connectivity index (χ3v) is 5.00.